The van der Waals surface area contributed by atoms with Gasteiger partial charge >= 0.3 is 0 Å². The van der Waals surface area contributed by atoms with E-state index in [1.165, 1.54) is 5.57 Å². The molecule has 0 aromatic rings. The lowest BCUT2D eigenvalue weighted by Gasteiger charge is -2.24. The summed E-state index contributed by atoms with van der Waals surface area (Å²) in [7, 11) is 0. The maximum atomic E-state index is 11.1. The molecular formula is C14H24O2. The van der Waals surface area contributed by atoms with Crippen molar-refractivity contribution in [3.8, 4) is 0 Å². The molecule has 0 aliphatic heterocycles. The van der Waals surface area contributed by atoms with Crippen molar-refractivity contribution in [1.29, 1.82) is 0 Å². The molecule has 0 aliphatic carbocycles. The summed E-state index contributed by atoms with van der Waals surface area (Å²) in [6.45, 7) is 7.97. The molecule has 0 saturated carbocycles. The fourth-order valence-corrected chi connectivity index (χ4v) is 1.89. The first-order valence-electron chi connectivity index (χ1n) is 5.98. The van der Waals surface area contributed by atoms with Gasteiger partial charge in [-0.1, -0.05) is 25.5 Å². The number of aldehydes is 2. The van der Waals surface area contributed by atoms with E-state index in [4.69, 9.17) is 0 Å². The summed E-state index contributed by atoms with van der Waals surface area (Å²) in [5, 5.41) is 0. The topological polar surface area (TPSA) is 34.1 Å². The van der Waals surface area contributed by atoms with Crippen molar-refractivity contribution in [3.63, 3.8) is 0 Å². The van der Waals surface area contributed by atoms with Gasteiger partial charge in [0, 0.05) is 11.3 Å². The van der Waals surface area contributed by atoms with Crippen LogP contribution in [0.1, 0.15) is 53.4 Å². The number of hydrogen-bond donors (Lipinski definition) is 0. The van der Waals surface area contributed by atoms with E-state index >= 15 is 0 Å². The Balaban J connectivity index is 4.11. The van der Waals surface area contributed by atoms with Crippen molar-refractivity contribution >= 4 is 12.6 Å². The molecule has 2 unspecified atom stereocenters. The highest BCUT2D eigenvalue weighted by Crippen LogP contribution is 2.29. The lowest BCUT2D eigenvalue weighted by molar-refractivity contribution is -0.118. The predicted octanol–water partition coefficient (Wildman–Crippen LogP) is 3.55. The molecule has 2 nitrogen and oxygen atoms in total. The molecule has 0 N–H and O–H groups in total. The third-order valence-electron chi connectivity index (χ3n) is 2.81. The quantitative estimate of drug-likeness (QED) is 0.359. The number of carbonyl (C=O) groups is 2. The van der Waals surface area contributed by atoms with Gasteiger partial charge in [0.1, 0.15) is 12.6 Å². The molecule has 92 valence electrons. The standard InChI is InChI=1S/C14H24O2/c1-12(2)7-5-6-8-14(4,11-16)9-13(3)10-15/h7,10-11,13H,5-6,8-9H2,1-4H3. The van der Waals surface area contributed by atoms with Crippen LogP contribution in [0.15, 0.2) is 11.6 Å². The second-order valence-corrected chi connectivity index (χ2v) is 5.26. The van der Waals surface area contributed by atoms with E-state index in [2.05, 4.69) is 19.9 Å². The zero-order valence-corrected chi connectivity index (χ0v) is 11.0. The van der Waals surface area contributed by atoms with Gasteiger partial charge < -0.3 is 9.59 Å². The molecular weight excluding hydrogens is 200 g/mol. The Morgan fingerprint density at radius 3 is 2.38 bits per heavy atom. The zero-order chi connectivity index (χ0) is 12.6. The molecule has 0 heterocycles. The highest BCUT2D eigenvalue weighted by Gasteiger charge is 2.25. The van der Waals surface area contributed by atoms with Crippen LogP contribution in [0.25, 0.3) is 0 Å². The number of carbonyl (C=O) groups excluding carboxylic acids is 2. The Morgan fingerprint density at radius 1 is 1.31 bits per heavy atom. The largest absolute Gasteiger partial charge is 0.303 e. The van der Waals surface area contributed by atoms with E-state index in [1.807, 2.05) is 13.8 Å². The van der Waals surface area contributed by atoms with Gasteiger partial charge in [0.15, 0.2) is 0 Å². The molecule has 0 saturated heterocycles. The zero-order valence-electron chi connectivity index (χ0n) is 11.0. The van der Waals surface area contributed by atoms with Gasteiger partial charge in [0.25, 0.3) is 0 Å². The lowest BCUT2D eigenvalue weighted by atomic mass is 9.79. The molecule has 2 atom stereocenters. The van der Waals surface area contributed by atoms with Crippen molar-refractivity contribution in [3.05, 3.63) is 11.6 Å². The van der Waals surface area contributed by atoms with E-state index < -0.39 is 0 Å². The van der Waals surface area contributed by atoms with Crippen molar-refractivity contribution in [2.45, 2.75) is 53.4 Å². The van der Waals surface area contributed by atoms with E-state index in [-0.39, 0.29) is 11.3 Å². The van der Waals surface area contributed by atoms with Gasteiger partial charge in [-0.3, -0.25) is 0 Å². The van der Waals surface area contributed by atoms with Crippen molar-refractivity contribution in [1.82, 2.24) is 0 Å². The Hall–Kier alpha value is -0.920. The monoisotopic (exact) mass is 224 g/mol. The average Bonchev–Trinajstić information content (AvgIpc) is 2.24. The normalized spacial score (nSPS) is 16.0. The first kappa shape index (κ1) is 15.1. The third kappa shape index (κ3) is 6.54. The van der Waals surface area contributed by atoms with Crippen LogP contribution in [0.3, 0.4) is 0 Å². The summed E-state index contributed by atoms with van der Waals surface area (Å²) in [6.07, 6.45) is 7.67. The van der Waals surface area contributed by atoms with Crippen LogP contribution in [0, 0.1) is 11.3 Å². The Labute approximate surface area is 99.1 Å². The lowest BCUT2D eigenvalue weighted by Crippen LogP contribution is -2.22. The molecule has 0 aliphatic rings. The SMILES string of the molecule is CC(C)=CCCCC(C)(C=O)CC(C)C=O. The van der Waals surface area contributed by atoms with Crippen LogP contribution >= 0.6 is 0 Å². The molecule has 0 fully saturated rings. The molecule has 16 heavy (non-hydrogen) atoms. The maximum Gasteiger partial charge on any atom is 0.125 e. The van der Waals surface area contributed by atoms with E-state index in [0.29, 0.717) is 6.42 Å². The van der Waals surface area contributed by atoms with E-state index in [0.717, 1.165) is 31.8 Å². The summed E-state index contributed by atoms with van der Waals surface area (Å²) < 4.78 is 0. The van der Waals surface area contributed by atoms with Crippen molar-refractivity contribution < 1.29 is 9.59 Å². The first-order valence-corrected chi connectivity index (χ1v) is 5.98. The van der Waals surface area contributed by atoms with Gasteiger partial charge in [-0.05, 0) is 39.5 Å². The minimum Gasteiger partial charge on any atom is -0.303 e. The molecule has 0 spiro atoms. The molecule has 0 rings (SSSR count). The summed E-state index contributed by atoms with van der Waals surface area (Å²) in [4.78, 5) is 21.7. The highest BCUT2D eigenvalue weighted by molar-refractivity contribution is 5.61. The second kappa shape index (κ2) is 7.37. The van der Waals surface area contributed by atoms with Crippen LogP contribution in [0.2, 0.25) is 0 Å². The maximum absolute atomic E-state index is 11.1. The smallest absolute Gasteiger partial charge is 0.125 e. The van der Waals surface area contributed by atoms with Crippen LogP contribution in [-0.2, 0) is 9.59 Å². The highest BCUT2D eigenvalue weighted by atomic mass is 16.1. The molecule has 0 amide bonds. The minimum absolute atomic E-state index is 0.0290. The summed E-state index contributed by atoms with van der Waals surface area (Å²) in [5.74, 6) is -0.0290. The van der Waals surface area contributed by atoms with Gasteiger partial charge in [-0.2, -0.15) is 0 Å². The van der Waals surface area contributed by atoms with Crippen molar-refractivity contribution in [2.24, 2.45) is 11.3 Å². The van der Waals surface area contributed by atoms with Gasteiger partial charge in [0.2, 0.25) is 0 Å². The minimum atomic E-state index is -0.337. The average molecular weight is 224 g/mol. The van der Waals surface area contributed by atoms with Crippen LogP contribution < -0.4 is 0 Å². The van der Waals surface area contributed by atoms with Crippen LogP contribution in [0.4, 0.5) is 0 Å². The Morgan fingerprint density at radius 2 is 1.94 bits per heavy atom. The van der Waals surface area contributed by atoms with Gasteiger partial charge in [0.05, 0.1) is 0 Å². The fourth-order valence-electron chi connectivity index (χ4n) is 1.89. The number of allylic oxidation sites excluding steroid dienone is 2. The van der Waals surface area contributed by atoms with Crippen LogP contribution in [-0.4, -0.2) is 12.6 Å². The number of hydrogen-bond acceptors (Lipinski definition) is 2. The van der Waals surface area contributed by atoms with Gasteiger partial charge in [-0.15, -0.1) is 0 Å². The Bertz CT molecular complexity index is 251. The van der Waals surface area contributed by atoms with E-state index in [1.54, 1.807) is 0 Å². The third-order valence-corrected chi connectivity index (χ3v) is 2.81. The van der Waals surface area contributed by atoms with Crippen molar-refractivity contribution in [2.75, 3.05) is 0 Å². The molecule has 2 heteroatoms. The number of unbranched alkanes of at least 4 members (excludes halogenated alkanes) is 1. The molecule has 0 aromatic carbocycles. The summed E-state index contributed by atoms with van der Waals surface area (Å²) in [6, 6.07) is 0. The van der Waals surface area contributed by atoms with Gasteiger partial charge in [-0.25, -0.2) is 0 Å². The number of rotatable bonds is 8. The Kier molecular flexibility index (Phi) is 6.95. The molecule has 0 bridgehead atoms. The second-order valence-electron chi connectivity index (χ2n) is 5.26. The summed E-state index contributed by atoms with van der Waals surface area (Å²) in [5.41, 5.74) is 0.976. The molecule has 0 radical (unpaired) electrons. The fraction of sp³-hybridized carbons (Fsp3) is 0.714. The predicted molar refractivity (Wildman–Crippen MR) is 67.3 cm³/mol. The van der Waals surface area contributed by atoms with E-state index in [9.17, 15) is 9.59 Å². The first-order chi connectivity index (χ1) is 7.43. The molecule has 0 aromatic heterocycles. The van der Waals surface area contributed by atoms with Crippen LogP contribution in [0.5, 0.6) is 0 Å². The summed E-state index contributed by atoms with van der Waals surface area (Å²) >= 11 is 0.